The lowest BCUT2D eigenvalue weighted by Crippen LogP contribution is -2.30. The standard InChI is InChI=1S/C13H14N2O2/c1-3-14-12(16)11-8(2)9-6-4-5-7-10(9)15-13(11)17/h4-7H,3H2,1-2H3,(H,14,16)(H,15,17). The van der Waals surface area contributed by atoms with Gasteiger partial charge in [0.05, 0.1) is 0 Å². The maximum absolute atomic E-state index is 11.9. The smallest absolute Gasteiger partial charge is 0.261 e. The highest BCUT2D eigenvalue weighted by atomic mass is 16.2. The zero-order valence-electron chi connectivity index (χ0n) is 9.83. The minimum absolute atomic E-state index is 0.200. The van der Waals surface area contributed by atoms with E-state index in [0.29, 0.717) is 6.54 Å². The summed E-state index contributed by atoms with van der Waals surface area (Å²) in [6.07, 6.45) is 0. The molecule has 1 aromatic carbocycles. The number of aromatic amines is 1. The monoisotopic (exact) mass is 230 g/mol. The van der Waals surface area contributed by atoms with Crippen LogP contribution in [0.15, 0.2) is 29.1 Å². The summed E-state index contributed by atoms with van der Waals surface area (Å²) in [6.45, 7) is 4.12. The summed E-state index contributed by atoms with van der Waals surface area (Å²) < 4.78 is 0. The minimum atomic E-state index is -0.341. The van der Waals surface area contributed by atoms with Crippen molar-refractivity contribution in [3.63, 3.8) is 0 Å². The Labute approximate surface area is 98.7 Å². The average molecular weight is 230 g/mol. The van der Waals surface area contributed by atoms with Gasteiger partial charge in [-0.3, -0.25) is 9.59 Å². The number of fused-ring (bicyclic) bond motifs is 1. The highest BCUT2D eigenvalue weighted by Gasteiger charge is 2.15. The molecule has 17 heavy (non-hydrogen) atoms. The summed E-state index contributed by atoms with van der Waals surface area (Å²) in [6, 6.07) is 7.45. The van der Waals surface area contributed by atoms with Crippen LogP contribution in [0.4, 0.5) is 0 Å². The van der Waals surface area contributed by atoms with Crippen LogP contribution in [-0.4, -0.2) is 17.4 Å². The fourth-order valence-electron chi connectivity index (χ4n) is 1.93. The molecular formula is C13H14N2O2. The van der Waals surface area contributed by atoms with Gasteiger partial charge in [-0.1, -0.05) is 18.2 Å². The van der Waals surface area contributed by atoms with Crippen molar-refractivity contribution in [2.75, 3.05) is 6.54 Å². The number of carbonyl (C=O) groups is 1. The first-order valence-electron chi connectivity index (χ1n) is 5.55. The summed E-state index contributed by atoms with van der Waals surface area (Å²) in [7, 11) is 0. The summed E-state index contributed by atoms with van der Waals surface area (Å²) >= 11 is 0. The Balaban J connectivity index is 2.72. The van der Waals surface area contributed by atoms with E-state index >= 15 is 0 Å². The summed E-state index contributed by atoms with van der Waals surface area (Å²) in [5.74, 6) is -0.322. The maximum atomic E-state index is 11.9. The summed E-state index contributed by atoms with van der Waals surface area (Å²) in [5, 5.41) is 3.55. The van der Waals surface area contributed by atoms with Crippen molar-refractivity contribution in [1.82, 2.24) is 10.3 Å². The predicted molar refractivity (Wildman–Crippen MR) is 67.3 cm³/mol. The lowest BCUT2D eigenvalue weighted by atomic mass is 10.0. The van der Waals surface area contributed by atoms with E-state index < -0.39 is 0 Å². The molecular weight excluding hydrogens is 216 g/mol. The molecule has 0 fully saturated rings. The second-order valence-corrected chi connectivity index (χ2v) is 3.86. The molecule has 4 nitrogen and oxygen atoms in total. The number of H-pyrrole nitrogens is 1. The zero-order valence-corrected chi connectivity index (χ0v) is 9.83. The van der Waals surface area contributed by atoms with Gasteiger partial charge in [0.2, 0.25) is 0 Å². The number of hydrogen-bond donors (Lipinski definition) is 2. The summed E-state index contributed by atoms with van der Waals surface area (Å²) in [4.78, 5) is 26.4. The van der Waals surface area contributed by atoms with Crippen LogP contribution >= 0.6 is 0 Å². The molecule has 4 heteroatoms. The SMILES string of the molecule is CCNC(=O)c1c(C)c2ccccc2[nH]c1=O. The molecule has 0 unspecified atom stereocenters. The van der Waals surface area contributed by atoms with E-state index in [1.807, 2.05) is 31.2 Å². The molecule has 0 saturated heterocycles. The van der Waals surface area contributed by atoms with Gasteiger partial charge in [0.25, 0.3) is 11.5 Å². The highest BCUT2D eigenvalue weighted by Crippen LogP contribution is 2.16. The Bertz CT molecular complexity index is 629. The van der Waals surface area contributed by atoms with Crippen molar-refractivity contribution in [3.8, 4) is 0 Å². The number of amides is 1. The molecule has 0 aliphatic rings. The Morgan fingerprint density at radius 2 is 2.06 bits per heavy atom. The van der Waals surface area contributed by atoms with Crippen LogP contribution in [0.5, 0.6) is 0 Å². The third-order valence-corrected chi connectivity index (χ3v) is 2.75. The molecule has 0 atom stereocenters. The van der Waals surface area contributed by atoms with Crippen LogP contribution in [0.2, 0.25) is 0 Å². The zero-order chi connectivity index (χ0) is 12.4. The van der Waals surface area contributed by atoms with Gasteiger partial charge in [-0.05, 0) is 25.5 Å². The fourth-order valence-corrected chi connectivity index (χ4v) is 1.93. The van der Waals surface area contributed by atoms with E-state index in [1.165, 1.54) is 0 Å². The van der Waals surface area contributed by atoms with Crippen molar-refractivity contribution < 1.29 is 4.79 Å². The van der Waals surface area contributed by atoms with Crippen LogP contribution in [0.3, 0.4) is 0 Å². The van der Waals surface area contributed by atoms with Crippen LogP contribution in [0, 0.1) is 6.92 Å². The molecule has 1 amide bonds. The number of pyridine rings is 1. The molecule has 2 aromatic rings. The number of rotatable bonds is 2. The minimum Gasteiger partial charge on any atom is -0.352 e. The first kappa shape index (κ1) is 11.4. The van der Waals surface area contributed by atoms with Gasteiger partial charge in [0, 0.05) is 17.4 Å². The van der Waals surface area contributed by atoms with E-state index in [2.05, 4.69) is 10.3 Å². The van der Waals surface area contributed by atoms with E-state index in [0.717, 1.165) is 16.5 Å². The van der Waals surface area contributed by atoms with E-state index in [-0.39, 0.29) is 17.0 Å². The predicted octanol–water partition coefficient (Wildman–Crippen LogP) is 1.59. The average Bonchev–Trinajstić information content (AvgIpc) is 2.29. The second-order valence-electron chi connectivity index (χ2n) is 3.86. The molecule has 0 aliphatic carbocycles. The molecule has 0 spiro atoms. The third kappa shape index (κ3) is 1.93. The van der Waals surface area contributed by atoms with Gasteiger partial charge in [-0.25, -0.2) is 0 Å². The van der Waals surface area contributed by atoms with Crippen molar-refractivity contribution in [2.45, 2.75) is 13.8 Å². The quantitative estimate of drug-likeness (QED) is 0.822. The normalized spacial score (nSPS) is 10.5. The van der Waals surface area contributed by atoms with E-state index in [9.17, 15) is 9.59 Å². The van der Waals surface area contributed by atoms with Gasteiger partial charge in [-0.2, -0.15) is 0 Å². The molecule has 1 heterocycles. The number of aryl methyl sites for hydroxylation is 1. The largest absolute Gasteiger partial charge is 0.352 e. The second kappa shape index (κ2) is 4.41. The molecule has 1 aromatic heterocycles. The van der Waals surface area contributed by atoms with Gasteiger partial charge in [-0.15, -0.1) is 0 Å². The molecule has 0 saturated carbocycles. The molecule has 2 N–H and O–H groups in total. The Hall–Kier alpha value is -2.10. The fraction of sp³-hybridized carbons (Fsp3) is 0.231. The van der Waals surface area contributed by atoms with Crippen molar-refractivity contribution in [3.05, 3.63) is 45.7 Å². The van der Waals surface area contributed by atoms with Crippen molar-refractivity contribution in [1.29, 1.82) is 0 Å². The first-order chi connectivity index (χ1) is 8.15. The van der Waals surface area contributed by atoms with Gasteiger partial charge >= 0.3 is 0 Å². The number of aromatic nitrogens is 1. The highest BCUT2D eigenvalue weighted by molar-refractivity contribution is 5.99. The van der Waals surface area contributed by atoms with Crippen LogP contribution in [0.25, 0.3) is 10.9 Å². The van der Waals surface area contributed by atoms with E-state index in [4.69, 9.17) is 0 Å². The number of nitrogens with one attached hydrogen (secondary N) is 2. The number of hydrogen-bond acceptors (Lipinski definition) is 2. The molecule has 88 valence electrons. The molecule has 2 rings (SSSR count). The van der Waals surface area contributed by atoms with Crippen molar-refractivity contribution in [2.24, 2.45) is 0 Å². The first-order valence-corrected chi connectivity index (χ1v) is 5.55. The molecule has 0 radical (unpaired) electrons. The van der Waals surface area contributed by atoms with Gasteiger partial charge in [0.1, 0.15) is 5.56 Å². The topological polar surface area (TPSA) is 62.0 Å². The van der Waals surface area contributed by atoms with Gasteiger partial charge < -0.3 is 10.3 Å². The molecule has 0 aliphatic heterocycles. The van der Waals surface area contributed by atoms with Crippen LogP contribution in [-0.2, 0) is 0 Å². The van der Waals surface area contributed by atoms with Crippen LogP contribution in [0.1, 0.15) is 22.8 Å². The summed E-state index contributed by atoms with van der Waals surface area (Å²) in [5.41, 5.74) is 1.33. The van der Waals surface area contributed by atoms with Gasteiger partial charge in [0.15, 0.2) is 0 Å². The Morgan fingerprint density at radius 1 is 1.35 bits per heavy atom. The maximum Gasteiger partial charge on any atom is 0.261 e. The molecule has 0 bridgehead atoms. The Kier molecular flexibility index (Phi) is 2.95. The third-order valence-electron chi connectivity index (χ3n) is 2.75. The number of benzene rings is 1. The number of carbonyl (C=O) groups excluding carboxylic acids is 1. The number of para-hydroxylation sites is 1. The van der Waals surface area contributed by atoms with Crippen LogP contribution < -0.4 is 10.9 Å². The Morgan fingerprint density at radius 3 is 2.76 bits per heavy atom. The lowest BCUT2D eigenvalue weighted by Gasteiger charge is -2.08. The van der Waals surface area contributed by atoms with Crippen molar-refractivity contribution >= 4 is 16.8 Å². The lowest BCUT2D eigenvalue weighted by molar-refractivity contribution is 0.0954. The van der Waals surface area contributed by atoms with E-state index in [1.54, 1.807) is 6.92 Å².